The third-order valence-corrected chi connectivity index (χ3v) is 6.50. The number of hydrogen-bond acceptors (Lipinski definition) is 6. The molecule has 0 spiro atoms. The summed E-state index contributed by atoms with van der Waals surface area (Å²) >= 11 is 1.52. The van der Waals surface area contributed by atoms with Gasteiger partial charge in [0, 0.05) is 24.4 Å². The number of hydrogen-bond donors (Lipinski definition) is 0. The second kappa shape index (κ2) is 8.64. The molecule has 0 fully saturated rings. The lowest BCUT2D eigenvalue weighted by Crippen LogP contribution is -2.30. The number of aromatic nitrogens is 2. The molecular formula is C16H23N3O3S2. The largest absolute Gasteiger partial charge is 0.411 e. The molecule has 0 aliphatic heterocycles. The van der Waals surface area contributed by atoms with Gasteiger partial charge in [-0.2, -0.15) is 4.31 Å². The van der Waals surface area contributed by atoms with Crippen molar-refractivity contribution in [2.45, 2.75) is 43.7 Å². The fourth-order valence-electron chi connectivity index (χ4n) is 2.19. The topological polar surface area (TPSA) is 76.3 Å². The highest BCUT2D eigenvalue weighted by molar-refractivity contribution is 7.99. The Hall–Kier alpha value is -1.38. The van der Waals surface area contributed by atoms with Crippen LogP contribution in [0.25, 0.3) is 11.5 Å². The van der Waals surface area contributed by atoms with Crippen molar-refractivity contribution in [2.24, 2.45) is 0 Å². The molecule has 8 heteroatoms. The zero-order chi connectivity index (χ0) is 17.6. The van der Waals surface area contributed by atoms with Crippen LogP contribution in [0, 0.1) is 0 Å². The van der Waals surface area contributed by atoms with E-state index in [1.807, 2.05) is 13.8 Å². The van der Waals surface area contributed by atoms with Crippen LogP contribution in [-0.4, -0.2) is 41.8 Å². The molecule has 132 valence electrons. The smallest absolute Gasteiger partial charge is 0.276 e. The molecule has 0 saturated heterocycles. The lowest BCUT2D eigenvalue weighted by Gasteiger charge is -2.18. The van der Waals surface area contributed by atoms with E-state index in [1.165, 1.54) is 16.1 Å². The van der Waals surface area contributed by atoms with E-state index >= 15 is 0 Å². The summed E-state index contributed by atoms with van der Waals surface area (Å²) in [4.78, 5) is 0.238. The van der Waals surface area contributed by atoms with Gasteiger partial charge in [-0.3, -0.25) is 0 Å². The standard InChI is InChI=1S/C16H23N3O3S2/c1-4-7-11-23-16-18-17-15(22-16)13-9-8-10-14(12-13)24(20,21)19(5-2)6-3/h8-10,12H,4-7,11H2,1-3H3. The molecule has 2 rings (SSSR count). The molecule has 0 amide bonds. The lowest BCUT2D eigenvalue weighted by atomic mass is 10.2. The first-order chi connectivity index (χ1) is 11.5. The minimum atomic E-state index is -3.50. The summed E-state index contributed by atoms with van der Waals surface area (Å²) in [5.74, 6) is 1.26. The first kappa shape index (κ1) is 19.0. The predicted octanol–water partition coefficient (Wildman–Crippen LogP) is 3.66. The number of nitrogens with zero attached hydrogens (tertiary/aromatic N) is 3. The van der Waals surface area contributed by atoms with Gasteiger partial charge in [0.1, 0.15) is 0 Å². The van der Waals surface area contributed by atoms with Crippen molar-refractivity contribution in [3.05, 3.63) is 24.3 Å². The minimum absolute atomic E-state index is 0.238. The van der Waals surface area contributed by atoms with Gasteiger partial charge in [-0.1, -0.05) is 45.0 Å². The molecule has 0 bridgehead atoms. The van der Waals surface area contributed by atoms with Gasteiger partial charge in [0.25, 0.3) is 5.22 Å². The van der Waals surface area contributed by atoms with Crippen molar-refractivity contribution in [3.63, 3.8) is 0 Å². The van der Waals surface area contributed by atoms with E-state index in [0.29, 0.717) is 29.8 Å². The van der Waals surface area contributed by atoms with Gasteiger partial charge in [-0.25, -0.2) is 8.42 Å². The van der Waals surface area contributed by atoms with Gasteiger partial charge in [-0.15, -0.1) is 10.2 Å². The third-order valence-electron chi connectivity index (χ3n) is 3.55. The minimum Gasteiger partial charge on any atom is -0.411 e. The van der Waals surface area contributed by atoms with Crippen molar-refractivity contribution in [2.75, 3.05) is 18.8 Å². The van der Waals surface area contributed by atoms with E-state index in [9.17, 15) is 8.42 Å². The van der Waals surface area contributed by atoms with Crippen molar-refractivity contribution in [1.82, 2.24) is 14.5 Å². The fourth-order valence-corrected chi connectivity index (χ4v) is 4.54. The Labute approximate surface area is 147 Å². The monoisotopic (exact) mass is 369 g/mol. The summed E-state index contributed by atoms with van der Waals surface area (Å²) in [5, 5.41) is 8.55. The van der Waals surface area contributed by atoms with E-state index in [4.69, 9.17) is 4.42 Å². The third kappa shape index (κ3) is 4.37. The van der Waals surface area contributed by atoms with Crippen molar-refractivity contribution >= 4 is 21.8 Å². The first-order valence-electron chi connectivity index (χ1n) is 8.09. The highest BCUT2D eigenvalue weighted by Gasteiger charge is 2.22. The molecule has 0 aliphatic carbocycles. The molecule has 0 aliphatic rings. The molecule has 0 radical (unpaired) electrons. The molecule has 1 heterocycles. The Kier molecular flexibility index (Phi) is 6.82. The van der Waals surface area contributed by atoms with E-state index in [0.717, 1.165) is 18.6 Å². The highest BCUT2D eigenvalue weighted by Crippen LogP contribution is 2.26. The molecule has 1 aromatic heterocycles. The van der Waals surface area contributed by atoms with Gasteiger partial charge in [0.2, 0.25) is 15.9 Å². The Bertz CT molecular complexity index is 755. The van der Waals surface area contributed by atoms with Crippen LogP contribution in [-0.2, 0) is 10.0 Å². The van der Waals surface area contributed by atoms with Crippen molar-refractivity contribution in [1.29, 1.82) is 0 Å². The summed E-state index contributed by atoms with van der Waals surface area (Å²) in [7, 11) is -3.50. The number of thioether (sulfide) groups is 1. The maximum Gasteiger partial charge on any atom is 0.276 e. The molecule has 0 N–H and O–H groups in total. The number of unbranched alkanes of at least 4 members (excludes halogenated alkanes) is 1. The summed E-state index contributed by atoms with van der Waals surface area (Å²) in [6, 6.07) is 6.64. The summed E-state index contributed by atoms with van der Waals surface area (Å²) in [6.07, 6.45) is 2.19. The molecule has 1 aromatic carbocycles. The number of sulfonamides is 1. The van der Waals surface area contributed by atoms with Crippen LogP contribution in [0.1, 0.15) is 33.6 Å². The van der Waals surface area contributed by atoms with Gasteiger partial charge in [0.15, 0.2) is 0 Å². The van der Waals surface area contributed by atoms with Crippen molar-refractivity contribution in [3.8, 4) is 11.5 Å². The average molecular weight is 370 g/mol. The zero-order valence-corrected chi connectivity index (χ0v) is 15.9. The fraction of sp³-hybridized carbons (Fsp3) is 0.500. The van der Waals surface area contributed by atoms with E-state index in [-0.39, 0.29) is 4.90 Å². The molecule has 0 saturated carbocycles. The van der Waals surface area contributed by atoms with Crippen LogP contribution in [0.15, 0.2) is 38.8 Å². The molecule has 2 aromatic rings. The van der Waals surface area contributed by atoms with Gasteiger partial charge in [-0.05, 0) is 24.6 Å². The summed E-state index contributed by atoms with van der Waals surface area (Å²) in [5.41, 5.74) is 0.609. The molecule has 0 atom stereocenters. The second-order valence-electron chi connectivity index (χ2n) is 5.19. The zero-order valence-electron chi connectivity index (χ0n) is 14.2. The van der Waals surface area contributed by atoms with E-state index in [1.54, 1.807) is 24.3 Å². The first-order valence-corrected chi connectivity index (χ1v) is 10.5. The van der Waals surface area contributed by atoms with Crippen LogP contribution >= 0.6 is 11.8 Å². The van der Waals surface area contributed by atoms with Gasteiger partial charge >= 0.3 is 0 Å². The normalized spacial score (nSPS) is 12.0. The Morgan fingerprint density at radius 1 is 1.17 bits per heavy atom. The number of rotatable bonds is 9. The van der Waals surface area contributed by atoms with Crippen LogP contribution < -0.4 is 0 Å². The van der Waals surface area contributed by atoms with E-state index in [2.05, 4.69) is 17.1 Å². The molecule has 0 unspecified atom stereocenters. The van der Waals surface area contributed by atoms with Crippen molar-refractivity contribution < 1.29 is 12.8 Å². The molecular weight excluding hydrogens is 346 g/mol. The Morgan fingerprint density at radius 3 is 2.58 bits per heavy atom. The molecule has 6 nitrogen and oxygen atoms in total. The summed E-state index contributed by atoms with van der Waals surface area (Å²) in [6.45, 7) is 6.64. The van der Waals surface area contributed by atoms with Crippen LogP contribution in [0.2, 0.25) is 0 Å². The molecule has 24 heavy (non-hydrogen) atoms. The van der Waals surface area contributed by atoms with Crippen LogP contribution in [0.3, 0.4) is 0 Å². The highest BCUT2D eigenvalue weighted by atomic mass is 32.2. The lowest BCUT2D eigenvalue weighted by molar-refractivity contribution is 0.445. The Morgan fingerprint density at radius 2 is 1.92 bits per heavy atom. The van der Waals surface area contributed by atoms with Crippen LogP contribution in [0.4, 0.5) is 0 Å². The number of benzene rings is 1. The summed E-state index contributed by atoms with van der Waals surface area (Å²) < 4.78 is 32.3. The van der Waals surface area contributed by atoms with Crippen LogP contribution in [0.5, 0.6) is 0 Å². The second-order valence-corrected chi connectivity index (χ2v) is 8.18. The Balaban J connectivity index is 2.25. The van der Waals surface area contributed by atoms with Gasteiger partial charge in [0.05, 0.1) is 4.90 Å². The SMILES string of the molecule is CCCCSc1nnc(-c2cccc(S(=O)(=O)N(CC)CC)c2)o1. The quantitative estimate of drug-likeness (QED) is 0.496. The van der Waals surface area contributed by atoms with E-state index < -0.39 is 10.0 Å². The maximum absolute atomic E-state index is 12.6. The average Bonchev–Trinajstić information content (AvgIpc) is 3.05. The van der Waals surface area contributed by atoms with Gasteiger partial charge < -0.3 is 4.42 Å². The maximum atomic E-state index is 12.6. The predicted molar refractivity (Wildman–Crippen MR) is 95.5 cm³/mol.